The summed E-state index contributed by atoms with van der Waals surface area (Å²) in [5.41, 5.74) is -0.206. The molecule has 134 valence electrons. The largest absolute Gasteiger partial charge is 0.445 e. The first-order valence-corrected chi connectivity index (χ1v) is 8.14. The number of carbonyl (C=O) groups excluding carboxylic acids is 1. The van der Waals surface area contributed by atoms with Crippen LogP contribution in [0, 0.1) is 6.92 Å². The molecule has 0 aliphatic heterocycles. The Bertz CT molecular complexity index is 660. The number of rotatable bonds is 2. The third-order valence-electron chi connectivity index (χ3n) is 3.73. The molecule has 1 N–H and O–H groups in total. The molecule has 0 saturated carbocycles. The molecule has 10 heteroatoms. The van der Waals surface area contributed by atoms with Gasteiger partial charge in [-0.15, -0.1) is 0 Å². The van der Waals surface area contributed by atoms with Gasteiger partial charge in [-0.2, -0.15) is 13.2 Å². The van der Waals surface area contributed by atoms with Crippen LogP contribution in [-0.2, 0) is 17.3 Å². The van der Waals surface area contributed by atoms with Gasteiger partial charge < -0.3 is 4.74 Å². The van der Waals surface area contributed by atoms with Crippen LogP contribution in [-0.4, -0.2) is 21.5 Å². The highest BCUT2D eigenvalue weighted by Gasteiger charge is 2.39. The molecule has 1 amide bonds. The molecule has 4 nitrogen and oxygen atoms in total. The summed E-state index contributed by atoms with van der Waals surface area (Å²) < 4.78 is 42.5. The first-order chi connectivity index (χ1) is 10.9. The van der Waals surface area contributed by atoms with Crippen molar-refractivity contribution in [3.63, 3.8) is 0 Å². The van der Waals surface area contributed by atoms with Crippen LogP contribution in [0.3, 0.4) is 0 Å². The van der Waals surface area contributed by atoms with E-state index < -0.39 is 28.4 Å². The number of fused-ring (bicyclic) bond motifs is 1. The smallest absolute Gasteiger partial charge is 0.433 e. The number of nitrogens with zero attached hydrogens (tertiary/aromatic N) is 1. The fourth-order valence-electron chi connectivity index (χ4n) is 2.69. The van der Waals surface area contributed by atoms with Crippen LogP contribution >= 0.6 is 34.8 Å². The number of aryl methyl sites for hydroxylation is 1. The van der Waals surface area contributed by atoms with E-state index in [1.807, 2.05) is 6.92 Å². The molecule has 1 heterocycles. The molecule has 0 fully saturated rings. The van der Waals surface area contributed by atoms with Crippen LogP contribution < -0.4 is 5.32 Å². The summed E-state index contributed by atoms with van der Waals surface area (Å²) in [5, 5.41) is 2.35. The Morgan fingerprint density at radius 3 is 2.54 bits per heavy atom. The summed E-state index contributed by atoms with van der Waals surface area (Å²) in [6.45, 7) is 2.58. The van der Waals surface area contributed by atoms with Gasteiger partial charge in [0.25, 0.3) is 0 Å². The average Bonchev–Trinajstić information content (AvgIpc) is 2.79. The third kappa shape index (κ3) is 4.37. The number of alkyl halides is 6. The molecular weight excluding hydrogens is 392 g/mol. The van der Waals surface area contributed by atoms with Crippen LogP contribution in [0.25, 0.3) is 0 Å². The third-order valence-corrected chi connectivity index (χ3v) is 4.05. The molecule has 1 unspecified atom stereocenters. The highest BCUT2D eigenvalue weighted by atomic mass is 35.6. The van der Waals surface area contributed by atoms with Gasteiger partial charge in [-0.1, -0.05) is 41.7 Å². The summed E-state index contributed by atoms with van der Waals surface area (Å²) in [7, 11) is 0. The van der Waals surface area contributed by atoms with Crippen LogP contribution in [0.15, 0.2) is 0 Å². The number of halogens is 6. The van der Waals surface area contributed by atoms with Crippen LogP contribution in [0.4, 0.5) is 23.7 Å². The number of anilines is 1. The van der Waals surface area contributed by atoms with Crippen molar-refractivity contribution in [2.45, 2.75) is 42.6 Å². The Morgan fingerprint density at radius 1 is 1.38 bits per heavy atom. The van der Waals surface area contributed by atoms with E-state index in [-0.39, 0.29) is 17.2 Å². The van der Waals surface area contributed by atoms with Crippen molar-refractivity contribution < 1.29 is 22.7 Å². The zero-order valence-corrected chi connectivity index (χ0v) is 15.0. The molecule has 1 aliphatic rings. The van der Waals surface area contributed by atoms with Gasteiger partial charge in [0.2, 0.25) is 3.79 Å². The summed E-state index contributed by atoms with van der Waals surface area (Å²) in [6.07, 6.45) is -4.55. The molecule has 1 aromatic heterocycles. The highest BCUT2D eigenvalue weighted by molar-refractivity contribution is 6.67. The maximum absolute atomic E-state index is 13.2. The van der Waals surface area contributed by atoms with Crippen LogP contribution in [0.5, 0.6) is 0 Å². The van der Waals surface area contributed by atoms with Gasteiger partial charge in [0.15, 0.2) is 0 Å². The van der Waals surface area contributed by atoms with Gasteiger partial charge in [0, 0.05) is 16.8 Å². The number of hydrogen-bond acceptors (Lipinski definition) is 3. The van der Waals surface area contributed by atoms with E-state index in [9.17, 15) is 18.0 Å². The lowest BCUT2D eigenvalue weighted by Crippen LogP contribution is -2.23. The highest BCUT2D eigenvalue weighted by Crippen LogP contribution is 2.43. The van der Waals surface area contributed by atoms with Crippen molar-refractivity contribution in [3.05, 3.63) is 22.5 Å². The van der Waals surface area contributed by atoms with Gasteiger partial charge in [-0.3, -0.25) is 5.32 Å². The predicted octanol–water partition coefficient (Wildman–Crippen LogP) is 5.38. The van der Waals surface area contributed by atoms with Crippen LogP contribution in [0.2, 0.25) is 0 Å². The van der Waals surface area contributed by atoms with Crippen molar-refractivity contribution >= 4 is 46.6 Å². The minimum absolute atomic E-state index is 0.0306. The van der Waals surface area contributed by atoms with Crippen molar-refractivity contribution in [2.24, 2.45) is 0 Å². The molecule has 1 aromatic rings. The maximum Gasteiger partial charge on any atom is 0.433 e. The minimum atomic E-state index is -4.62. The molecule has 24 heavy (non-hydrogen) atoms. The minimum Gasteiger partial charge on any atom is -0.445 e. The van der Waals surface area contributed by atoms with E-state index >= 15 is 0 Å². The number of aromatic nitrogens is 1. The zero-order chi connectivity index (χ0) is 18.3. The summed E-state index contributed by atoms with van der Waals surface area (Å²) in [6, 6.07) is 0. The zero-order valence-electron chi connectivity index (χ0n) is 12.7. The van der Waals surface area contributed by atoms with E-state index in [2.05, 4.69) is 10.3 Å². The van der Waals surface area contributed by atoms with E-state index in [4.69, 9.17) is 39.5 Å². The standard InChI is InChI=1S/C14H14Cl3F3N2O2/c1-6-3-4-8-9(6)10(7(2)11(21-8)14(18,19)20)22-12(23)24-5-13(15,16)17/h6H,3-5H2,1-2H3,(H,21,22,23). The second-order valence-corrected chi connectivity index (χ2v) is 8.09. The van der Waals surface area contributed by atoms with Gasteiger partial charge in [-0.05, 0) is 25.7 Å². The Labute approximate surface area is 151 Å². The van der Waals surface area contributed by atoms with E-state index in [1.165, 1.54) is 6.92 Å². The number of hydrogen-bond donors (Lipinski definition) is 1. The van der Waals surface area contributed by atoms with E-state index in [0.29, 0.717) is 24.1 Å². The van der Waals surface area contributed by atoms with Crippen LogP contribution in [0.1, 0.15) is 41.8 Å². The van der Waals surface area contributed by atoms with E-state index in [0.717, 1.165) is 0 Å². The number of pyridine rings is 1. The Hall–Kier alpha value is -0.920. The van der Waals surface area contributed by atoms with Crippen molar-refractivity contribution in [2.75, 3.05) is 11.9 Å². The molecule has 0 spiro atoms. The Kier molecular flexibility index (Phi) is 5.47. The van der Waals surface area contributed by atoms with Gasteiger partial charge in [0.1, 0.15) is 12.3 Å². The summed E-state index contributed by atoms with van der Waals surface area (Å²) in [4.78, 5) is 15.6. The Morgan fingerprint density at radius 2 is 2.00 bits per heavy atom. The number of nitrogens with one attached hydrogen (secondary N) is 1. The normalized spacial score (nSPS) is 17.6. The number of ether oxygens (including phenoxy) is 1. The Balaban J connectivity index is 2.38. The lowest BCUT2D eigenvalue weighted by atomic mass is 9.99. The summed E-state index contributed by atoms with van der Waals surface area (Å²) in [5.74, 6) is -0.0306. The fraction of sp³-hybridized carbons (Fsp3) is 0.571. The van der Waals surface area contributed by atoms with Gasteiger partial charge >= 0.3 is 12.3 Å². The molecule has 1 aliphatic carbocycles. The average molecular weight is 406 g/mol. The molecule has 1 atom stereocenters. The van der Waals surface area contributed by atoms with E-state index in [1.54, 1.807) is 0 Å². The summed E-state index contributed by atoms with van der Waals surface area (Å²) >= 11 is 16.4. The van der Waals surface area contributed by atoms with Crippen molar-refractivity contribution in [1.29, 1.82) is 0 Å². The molecular formula is C14H14Cl3F3N2O2. The van der Waals surface area contributed by atoms with Crippen molar-refractivity contribution in [3.8, 4) is 0 Å². The van der Waals surface area contributed by atoms with Gasteiger partial charge in [0.05, 0.1) is 5.69 Å². The second-order valence-electron chi connectivity index (χ2n) is 5.57. The number of amides is 1. The van der Waals surface area contributed by atoms with Gasteiger partial charge in [-0.25, -0.2) is 9.78 Å². The molecule has 0 saturated heterocycles. The topological polar surface area (TPSA) is 51.2 Å². The lowest BCUT2D eigenvalue weighted by molar-refractivity contribution is -0.141. The predicted molar refractivity (Wildman–Crippen MR) is 86.0 cm³/mol. The second kappa shape index (κ2) is 6.77. The molecule has 0 aromatic carbocycles. The SMILES string of the molecule is Cc1c(C(F)(F)F)nc2c(c1NC(=O)OCC(Cl)(Cl)Cl)C(C)CC2. The molecule has 0 radical (unpaired) electrons. The number of carbonyl (C=O) groups is 1. The lowest BCUT2D eigenvalue weighted by Gasteiger charge is -2.20. The quantitative estimate of drug-likeness (QED) is 0.672. The first kappa shape index (κ1) is 19.4. The maximum atomic E-state index is 13.2. The molecule has 2 rings (SSSR count). The van der Waals surface area contributed by atoms with Crippen molar-refractivity contribution in [1.82, 2.24) is 4.98 Å². The molecule has 0 bridgehead atoms. The first-order valence-electron chi connectivity index (χ1n) is 7.01. The monoisotopic (exact) mass is 404 g/mol. The fourth-order valence-corrected chi connectivity index (χ4v) is 2.85.